The first kappa shape index (κ1) is 20.9. The van der Waals surface area contributed by atoms with Gasteiger partial charge in [-0.05, 0) is 58.3 Å². The average molecular weight is 478 g/mol. The fraction of sp³-hybridized carbons (Fsp3) is 0. The van der Waals surface area contributed by atoms with Crippen molar-refractivity contribution in [1.29, 1.82) is 0 Å². The Balaban J connectivity index is 1.45. The molecule has 0 unspecified atom stereocenters. The maximum absolute atomic E-state index is 2.40. The van der Waals surface area contributed by atoms with Crippen LogP contribution < -0.4 is 4.90 Å². The molecule has 0 atom stereocenters. The number of rotatable bonds is 4. The molecule has 1 nitrogen and oxygen atoms in total. The summed E-state index contributed by atoms with van der Waals surface area (Å²) in [5.74, 6) is 0. The van der Waals surface area contributed by atoms with Crippen molar-refractivity contribution in [3.05, 3.63) is 140 Å². The van der Waals surface area contributed by atoms with E-state index < -0.39 is 0 Å². The minimum Gasteiger partial charge on any atom is -0.309 e. The Morgan fingerprint density at radius 3 is 1.97 bits per heavy atom. The maximum atomic E-state index is 2.40. The Hall–Kier alpha value is -4.40. The molecule has 1 heterocycles. The van der Waals surface area contributed by atoms with Crippen LogP contribution in [-0.4, -0.2) is 0 Å². The zero-order valence-electron chi connectivity index (χ0n) is 19.6. The van der Waals surface area contributed by atoms with Crippen LogP contribution in [0.2, 0.25) is 0 Å². The van der Waals surface area contributed by atoms with E-state index in [-0.39, 0.29) is 0 Å². The highest BCUT2D eigenvalue weighted by Gasteiger charge is 2.18. The van der Waals surface area contributed by atoms with Crippen LogP contribution in [0.3, 0.4) is 0 Å². The van der Waals surface area contributed by atoms with E-state index in [1.54, 1.807) is 0 Å². The molecule has 7 rings (SSSR count). The van der Waals surface area contributed by atoms with Gasteiger partial charge in [-0.25, -0.2) is 0 Å². The quantitative estimate of drug-likeness (QED) is 0.244. The molecule has 0 spiro atoms. The monoisotopic (exact) mass is 477 g/mol. The fourth-order valence-corrected chi connectivity index (χ4v) is 6.29. The lowest BCUT2D eigenvalue weighted by atomic mass is 10.0. The number of nitrogens with zero attached hydrogens (tertiary/aromatic N) is 1. The standard InChI is InChI=1S/C34H23NS/c1-2-9-24(10-3-1)26-17-20-28(21-18-26)35(29-22-19-25-11-4-5-12-27(25)23-29)32-15-8-14-31-30-13-6-7-16-33(30)36-34(31)32/h1-23H. The van der Waals surface area contributed by atoms with Gasteiger partial charge in [0, 0.05) is 26.8 Å². The van der Waals surface area contributed by atoms with Gasteiger partial charge in [0.25, 0.3) is 0 Å². The fourth-order valence-electron chi connectivity index (χ4n) is 5.08. The number of hydrogen-bond donors (Lipinski definition) is 0. The first-order chi connectivity index (χ1) is 17.8. The topological polar surface area (TPSA) is 3.24 Å². The molecule has 7 aromatic rings. The van der Waals surface area contributed by atoms with E-state index in [4.69, 9.17) is 0 Å². The predicted molar refractivity (Wildman–Crippen MR) is 157 cm³/mol. The third kappa shape index (κ3) is 3.55. The zero-order valence-corrected chi connectivity index (χ0v) is 20.5. The lowest BCUT2D eigenvalue weighted by Crippen LogP contribution is -2.10. The number of anilines is 3. The molecule has 1 aromatic heterocycles. The molecule has 36 heavy (non-hydrogen) atoms. The lowest BCUT2D eigenvalue weighted by molar-refractivity contribution is 1.31. The Kier molecular flexibility index (Phi) is 5.04. The van der Waals surface area contributed by atoms with Crippen molar-refractivity contribution in [3.8, 4) is 11.1 Å². The second-order valence-electron chi connectivity index (χ2n) is 9.03. The zero-order chi connectivity index (χ0) is 23.9. The van der Waals surface area contributed by atoms with Crippen molar-refractivity contribution in [2.24, 2.45) is 0 Å². The molecule has 0 N–H and O–H groups in total. The first-order valence-corrected chi connectivity index (χ1v) is 13.0. The summed E-state index contributed by atoms with van der Waals surface area (Å²) in [6, 6.07) is 50.2. The van der Waals surface area contributed by atoms with Gasteiger partial charge >= 0.3 is 0 Å². The summed E-state index contributed by atoms with van der Waals surface area (Å²) in [6.07, 6.45) is 0. The van der Waals surface area contributed by atoms with Crippen LogP contribution >= 0.6 is 11.3 Å². The summed E-state index contributed by atoms with van der Waals surface area (Å²) in [5.41, 5.74) is 5.96. The van der Waals surface area contributed by atoms with E-state index in [1.165, 1.54) is 47.8 Å². The SMILES string of the molecule is c1ccc(-c2ccc(N(c3ccc4ccccc4c3)c3cccc4c3sc3ccccc34)cc2)cc1. The Morgan fingerprint density at radius 1 is 0.444 bits per heavy atom. The Morgan fingerprint density at radius 2 is 1.11 bits per heavy atom. The third-order valence-electron chi connectivity index (χ3n) is 6.85. The Labute approximate surface area is 214 Å². The van der Waals surface area contributed by atoms with Crippen molar-refractivity contribution in [2.45, 2.75) is 0 Å². The van der Waals surface area contributed by atoms with Gasteiger partial charge in [-0.15, -0.1) is 11.3 Å². The number of thiophene rings is 1. The van der Waals surface area contributed by atoms with E-state index in [1.807, 2.05) is 11.3 Å². The van der Waals surface area contributed by atoms with Crippen LogP contribution in [0, 0.1) is 0 Å². The molecule has 0 saturated carbocycles. The van der Waals surface area contributed by atoms with Crippen molar-refractivity contribution < 1.29 is 0 Å². The number of benzene rings is 6. The minimum absolute atomic E-state index is 1.15. The van der Waals surface area contributed by atoms with E-state index in [0.29, 0.717) is 0 Å². The normalized spacial score (nSPS) is 11.3. The van der Waals surface area contributed by atoms with Gasteiger partial charge in [-0.1, -0.05) is 103 Å². The van der Waals surface area contributed by atoms with Gasteiger partial charge < -0.3 is 4.90 Å². The molecule has 0 radical (unpaired) electrons. The highest BCUT2D eigenvalue weighted by molar-refractivity contribution is 7.26. The molecule has 0 amide bonds. The van der Waals surface area contributed by atoms with Crippen LogP contribution in [0.4, 0.5) is 17.1 Å². The summed E-state index contributed by atoms with van der Waals surface area (Å²) >= 11 is 1.87. The highest BCUT2D eigenvalue weighted by atomic mass is 32.1. The van der Waals surface area contributed by atoms with Crippen molar-refractivity contribution in [1.82, 2.24) is 0 Å². The summed E-state index contributed by atoms with van der Waals surface area (Å²) in [7, 11) is 0. The molecule has 0 fully saturated rings. The van der Waals surface area contributed by atoms with Crippen LogP contribution in [0.1, 0.15) is 0 Å². The molecule has 0 aliphatic heterocycles. The molecule has 0 saturated heterocycles. The van der Waals surface area contributed by atoms with Gasteiger partial charge in [-0.3, -0.25) is 0 Å². The van der Waals surface area contributed by atoms with Crippen LogP contribution in [-0.2, 0) is 0 Å². The van der Waals surface area contributed by atoms with Crippen LogP contribution in [0.5, 0.6) is 0 Å². The van der Waals surface area contributed by atoms with E-state index >= 15 is 0 Å². The average Bonchev–Trinajstić information content (AvgIpc) is 3.34. The third-order valence-corrected chi connectivity index (χ3v) is 8.06. The van der Waals surface area contributed by atoms with E-state index in [0.717, 1.165) is 11.4 Å². The summed E-state index contributed by atoms with van der Waals surface area (Å²) in [5, 5.41) is 5.11. The van der Waals surface area contributed by atoms with Gasteiger partial charge in [-0.2, -0.15) is 0 Å². The van der Waals surface area contributed by atoms with E-state index in [2.05, 4.69) is 144 Å². The highest BCUT2D eigenvalue weighted by Crippen LogP contribution is 2.45. The van der Waals surface area contributed by atoms with Gasteiger partial charge in [0.15, 0.2) is 0 Å². The number of hydrogen-bond acceptors (Lipinski definition) is 2. The maximum Gasteiger partial charge on any atom is 0.0640 e. The molecular formula is C34H23NS. The minimum atomic E-state index is 1.15. The molecule has 0 aliphatic rings. The summed E-state index contributed by atoms with van der Waals surface area (Å²) in [4.78, 5) is 2.40. The van der Waals surface area contributed by atoms with E-state index in [9.17, 15) is 0 Å². The second kappa shape index (κ2) is 8.67. The largest absolute Gasteiger partial charge is 0.309 e. The predicted octanol–water partition coefficient (Wildman–Crippen LogP) is 10.3. The van der Waals surface area contributed by atoms with Gasteiger partial charge in [0.1, 0.15) is 0 Å². The van der Waals surface area contributed by atoms with Crippen LogP contribution in [0.25, 0.3) is 42.1 Å². The first-order valence-electron chi connectivity index (χ1n) is 12.2. The van der Waals surface area contributed by atoms with Crippen molar-refractivity contribution in [2.75, 3.05) is 4.90 Å². The molecule has 0 bridgehead atoms. The second-order valence-corrected chi connectivity index (χ2v) is 10.1. The summed E-state index contributed by atoms with van der Waals surface area (Å²) < 4.78 is 2.62. The molecule has 2 heteroatoms. The van der Waals surface area contributed by atoms with Crippen molar-refractivity contribution in [3.63, 3.8) is 0 Å². The molecular weight excluding hydrogens is 454 g/mol. The summed E-state index contributed by atoms with van der Waals surface area (Å²) in [6.45, 7) is 0. The van der Waals surface area contributed by atoms with Crippen molar-refractivity contribution >= 4 is 59.3 Å². The van der Waals surface area contributed by atoms with Gasteiger partial charge in [0.2, 0.25) is 0 Å². The molecule has 170 valence electrons. The Bertz CT molecular complexity index is 1830. The number of fused-ring (bicyclic) bond motifs is 4. The van der Waals surface area contributed by atoms with Gasteiger partial charge in [0.05, 0.1) is 10.4 Å². The molecule has 6 aromatic carbocycles. The lowest BCUT2D eigenvalue weighted by Gasteiger charge is -2.26. The van der Waals surface area contributed by atoms with Crippen LogP contribution in [0.15, 0.2) is 140 Å². The molecule has 0 aliphatic carbocycles. The smallest absolute Gasteiger partial charge is 0.0640 e.